The summed E-state index contributed by atoms with van der Waals surface area (Å²) in [6.45, 7) is 2.59. The Morgan fingerprint density at radius 2 is 1.89 bits per heavy atom. The molecule has 0 aliphatic heterocycles. The summed E-state index contributed by atoms with van der Waals surface area (Å²) < 4.78 is 26.2. The van der Waals surface area contributed by atoms with Crippen LogP contribution < -0.4 is 10.5 Å². The summed E-state index contributed by atoms with van der Waals surface area (Å²) in [6, 6.07) is 4.78. The van der Waals surface area contributed by atoms with Gasteiger partial charge in [0, 0.05) is 5.71 Å². The Balaban J connectivity index is 3.13. The second kappa shape index (κ2) is 5.28. The quantitative estimate of drug-likeness (QED) is 0.535. The van der Waals surface area contributed by atoms with Gasteiger partial charge in [-0.15, -0.1) is 0 Å². The lowest BCUT2D eigenvalue weighted by atomic mass is 10.1. The van der Waals surface area contributed by atoms with Crippen LogP contribution in [0.15, 0.2) is 29.2 Å². The van der Waals surface area contributed by atoms with E-state index in [0.717, 1.165) is 0 Å². The van der Waals surface area contributed by atoms with Gasteiger partial charge in [0.05, 0.1) is 5.69 Å². The Morgan fingerprint density at radius 1 is 1.33 bits per heavy atom. The van der Waals surface area contributed by atoms with Gasteiger partial charge in [0.2, 0.25) is 10.0 Å². The molecule has 1 aromatic carbocycles. The van der Waals surface area contributed by atoms with E-state index in [4.69, 9.17) is 11.1 Å². The Kier molecular flexibility index (Phi) is 4.20. The molecule has 0 aliphatic rings. The zero-order valence-corrected chi connectivity index (χ0v) is 10.9. The summed E-state index contributed by atoms with van der Waals surface area (Å²) >= 11 is 0. The van der Waals surface area contributed by atoms with E-state index in [1.807, 2.05) is 0 Å². The number of nitrogens with two attached hydrogens (primary N) is 1. The van der Waals surface area contributed by atoms with Gasteiger partial charge in [-0.25, -0.2) is 8.42 Å². The number of Topliss-reactive ketones (excluding diaryl/α,β-unsaturated/α-hetero) is 1. The molecule has 4 N–H and O–H groups in total. The van der Waals surface area contributed by atoms with Crippen LogP contribution in [0.2, 0.25) is 0 Å². The highest BCUT2D eigenvalue weighted by atomic mass is 32.2. The molecule has 0 saturated heterocycles. The standard InChI is InChI=1S/C11H15N3O3S/c1-7(12)11(8(2)15)14-18(16,17)10-6-4-3-5-9(10)13/h3-6,11-12,14H,13H2,1-2H3. The molecule has 7 heteroatoms. The maximum absolute atomic E-state index is 12.0. The Labute approximate surface area is 106 Å². The van der Waals surface area contributed by atoms with Gasteiger partial charge in [0.25, 0.3) is 0 Å². The lowest BCUT2D eigenvalue weighted by Gasteiger charge is -2.15. The summed E-state index contributed by atoms with van der Waals surface area (Å²) in [4.78, 5) is 11.2. The number of rotatable bonds is 5. The fraction of sp³-hybridized carbons (Fsp3) is 0.273. The number of carbonyl (C=O) groups is 1. The molecule has 0 bridgehead atoms. The van der Waals surface area contributed by atoms with Gasteiger partial charge in [0.15, 0.2) is 5.78 Å². The van der Waals surface area contributed by atoms with Gasteiger partial charge in [-0.2, -0.15) is 4.72 Å². The number of hydrogen-bond acceptors (Lipinski definition) is 5. The number of hydrogen-bond donors (Lipinski definition) is 3. The maximum Gasteiger partial charge on any atom is 0.243 e. The number of sulfonamides is 1. The van der Waals surface area contributed by atoms with Crippen LogP contribution in [0.25, 0.3) is 0 Å². The Bertz CT molecular complexity index is 567. The van der Waals surface area contributed by atoms with Crippen molar-refractivity contribution in [3.8, 4) is 0 Å². The first-order chi connectivity index (χ1) is 8.25. The highest BCUT2D eigenvalue weighted by molar-refractivity contribution is 7.89. The van der Waals surface area contributed by atoms with Crippen molar-refractivity contribution in [2.24, 2.45) is 0 Å². The van der Waals surface area contributed by atoms with Crippen molar-refractivity contribution in [3.63, 3.8) is 0 Å². The molecule has 0 spiro atoms. The van der Waals surface area contributed by atoms with E-state index in [9.17, 15) is 13.2 Å². The minimum atomic E-state index is -3.92. The van der Waals surface area contributed by atoms with Crippen molar-refractivity contribution in [1.29, 1.82) is 5.41 Å². The largest absolute Gasteiger partial charge is 0.398 e. The summed E-state index contributed by atoms with van der Waals surface area (Å²) in [5.41, 5.74) is 5.60. The first-order valence-corrected chi connectivity index (χ1v) is 6.66. The van der Waals surface area contributed by atoms with Gasteiger partial charge >= 0.3 is 0 Å². The molecular formula is C11H15N3O3S. The van der Waals surface area contributed by atoms with Gasteiger partial charge in [-0.1, -0.05) is 12.1 Å². The molecule has 0 fully saturated rings. The fourth-order valence-corrected chi connectivity index (χ4v) is 2.84. The molecule has 6 nitrogen and oxygen atoms in total. The van der Waals surface area contributed by atoms with Crippen LogP contribution >= 0.6 is 0 Å². The van der Waals surface area contributed by atoms with Crippen LogP contribution in [0, 0.1) is 5.41 Å². The first-order valence-electron chi connectivity index (χ1n) is 5.18. The lowest BCUT2D eigenvalue weighted by Crippen LogP contribution is -2.44. The predicted octanol–water partition coefficient (Wildman–Crippen LogP) is 0.544. The number of anilines is 1. The summed E-state index contributed by atoms with van der Waals surface area (Å²) in [6.07, 6.45) is 0. The highest BCUT2D eigenvalue weighted by Crippen LogP contribution is 2.17. The molecule has 0 heterocycles. The summed E-state index contributed by atoms with van der Waals surface area (Å²) in [5.74, 6) is -0.444. The van der Waals surface area contributed by atoms with Gasteiger partial charge < -0.3 is 11.1 Å². The van der Waals surface area contributed by atoms with Crippen LogP contribution in [0.1, 0.15) is 13.8 Å². The Morgan fingerprint density at radius 3 is 2.33 bits per heavy atom. The molecule has 1 atom stereocenters. The van der Waals surface area contributed by atoms with Crippen molar-refractivity contribution in [1.82, 2.24) is 4.72 Å². The van der Waals surface area contributed by atoms with Crippen LogP contribution in [0.5, 0.6) is 0 Å². The molecule has 1 unspecified atom stereocenters. The summed E-state index contributed by atoms with van der Waals surface area (Å²) in [5, 5.41) is 7.40. The molecule has 98 valence electrons. The molecule has 1 rings (SSSR count). The molecule has 0 amide bonds. The molecule has 1 aromatic rings. The number of nitrogen functional groups attached to an aromatic ring is 1. The van der Waals surface area contributed by atoms with E-state index in [0.29, 0.717) is 0 Å². The average molecular weight is 269 g/mol. The van der Waals surface area contributed by atoms with Gasteiger partial charge in [-0.05, 0) is 26.0 Å². The third kappa shape index (κ3) is 3.14. The zero-order chi connectivity index (χ0) is 13.9. The van der Waals surface area contributed by atoms with Crippen LogP contribution in [-0.2, 0) is 14.8 Å². The van der Waals surface area contributed by atoms with Crippen molar-refractivity contribution < 1.29 is 13.2 Å². The maximum atomic E-state index is 12.0. The second-order valence-electron chi connectivity index (χ2n) is 3.89. The van der Waals surface area contributed by atoms with Crippen LogP contribution in [-0.4, -0.2) is 26.0 Å². The van der Waals surface area contributed by atoms with Crippen molar-refractivity contribution in [2.45, 2.75) is 24.8 Å². The van der Waals surface area contributed by atoms with E-state index in [1.165, 1.54) is 32.0 Å². The van der Waals surface area contributed by atoms with Crippen LogP contribution in [0.4, 0.5) is 5.69 Å². The van der Waals surface area contributed by atoms with Gasteiger partial charge in [0.1, 0.15) is 10.9 Å². The smallest absolute Gasteiger partial charge is 0.243 e. The summed E-state index contributed by atoms with van der Waals surface area (Å²) in [7, 11) is -3.92. The minimum absolute atomic E-state index is 0.0689. The molecule has 0 aliphatic carbocycles. The molecule has 0 radical (unpaired) electrons. The van der Waals surface area contributed by atoms with E-state index in [1.54, 1.807) is 6.07 Å². The van der Waals surface area contributed by atoms with E-state index in [2.05, 4.69) is 4.72 Å². The zero-order valence-electron chi connectivity index (χ0n) is 10.1. The average Bonchev–Trinajstić information content (AvgIpc) is 2.25. The number of para-hydroxylation sites is 1. The lowest BCUT2D eigenvalue weighted by molar-refractivity contribution is -0.117. The monoisotopic (exact) mass is 269 g/mol. The predicted molar refractivity (Wildman–Crippen MR) is 69.0 cm³/mol. The topological polar surface area (TPSA) is 113 Å². The number of carbonyl (C=O) groups excluding carboxylic acids is 1. The number of nitrogens with one attached hydrogen (secondary N) is 2. The van der Waals surface area contributed by atoms with Gasteiger partial charge in [-0.3, -0.25) is 4.79 Å². The Hall–Kier alpha value is -1.73. The fourth-order valence-electron chi connectivity index (χ4n) is 1.42. The van der Waals surface area contributed by atoms with Crippen molar-refractivity contribution in [2.75, 3.05) is 5.73 Å². The van der Waals surface area contributed by atoms with E-state index in [-0.39, 0.29) is 16.3 Å². The molecule has 0 aromatic heterocycles. The molecular weight excluding hydrogens is 254 g/mol. The van der Waals surface area contributed by atoms with E-state index < -0.39 is 21.8 Å². The van der Waals surface area contributed by atoms with Crippen LogP contribution in [0.3, 0.4) is 0 Å². The molecule has 18 heavy (non-hydrogen) atoms. The van der Waals surface area contributed by atoms with Crippen molar-refractivity contribution in [3.05, 3.63) is 24.3 Å². The second-order valence-corrected chi connectivity index (χ2v) is 5.57. The third-order valence-electron chi connectivity index (χ3n) is 2.32. The number of benzene rings is 1. The first kappa shape index (κ1) is 14.3. The SMILES string of the molecule is CC(=N)C(NS(=O)(=O)c1ccccc1N)C(C)=O. The number of ketones is 1. The highest BCUT2D eigenvalue weighted by Gasteiger charge is 2.25. The normalized spacial score (nSPS) is 13.0. The minimum Gasteiger partial charge on any atom is -0.398 e. The van der Waals surface area contributed by atoms with Crippen molar-refractivity contribution >= 4 is 27.2 Å². The third-order valence-corrected chi connectivity index (χ3v) is 3.82. The molecule has 0 saturated carbocycles. The van der Waals surface area contributed by atoms with E-state index >= 15 is 0 Å².